The molecule has 1 aromatic rings. The van der Waals surface area contributed by atoms with Gasteiger partial charge in [0.25, 0.3) is 0 Å². The lowest BCUT2D eigenvalue weighted by atomic mass is 9.73. The molecular weight excluding hydrogens is 324 g/mol. The van der Waals surface area contributed by atoms with Crippen LogP contribution in [0.2, 0.25) is 0 Å². The fourth-order valence-electron chi connectivity index (χ4n) is 3.62. The summed E-state index contributed by atoms with van der Waals surface area (Å²) in [5, 5.41) is 9.06. The van der Waals surface area contributed by atoms with Crippen molar-refractivity contribution in [2.24, 2.45) is 11.8 Å². The van der Waals surface area contributed by atoms with Gasteiger partial charge in [-0.1, -0.05) is 24.3 Å². The van der Waals surface area contributed by atoms with Crippen molar-refractivity contribution in [2.45, 2.75) is 31.8 Å². The van der Waals surface area contributed by atoms with E-state index in [1.165, 1.54) is 0 Å². The molecule has 0 saturated carbocycles. The summed E-state index contributed by atoms with van der Waals surface area (Å²) in [5.74, 6) is -2.03. The molecule has 1 heterocycles. The Morgan fingerprint density at radius 3 is 2.60 bits per heavy atom. The maximum absolute atomic E-state index is 11.8. The predicted octanol–water partition coefficient (Wildman–Crippen LogP) is 2.54. The molecule has 2 aliphatic rings. The number of ether oxygens (including phenoxy) is 2. The first-order valence-electron chi connectivity index (χ1n) is 8.36. The van der Waals surface area contributed by atoms with E-state index in [9.17, 15) is 14.4 Å². The summed E-state index contributed by atoms with van der Waals surface area (Å²) in [4.78, 5) is 34.6. The zero-order chi connectivity index (χ0) is 18.0. The van der Waals surface area contributed by atoms with Crippen LogP contribution >= 0.6 is 0 Å². The number of fused-ring (bicyclic) bond motifs is 1. The number of carbonyl (C=O) groups is 3. The second kappa shape index (κ2) is 7.09. The van der Waals surface area contributed by atoms with E-state index in [1.54, 1.807) is 19.1 Å². The highest BCUT2D eigenvalue weighted by molar-refractivity contribution is 5.89. The van der Waals surface area contributed by atoms with Crippen LogP contribution in [-0.2, 0) is 19.1 Å². The van der Waals surface area contributed by atoms with Crippen LogP contribution < -0.4 is 0 Å². The topological polar surface area (TPSA) is 89.9 Å². The van der Waals surface area contributed by atoms with Gasteiger partial charge in [0, 0.05) is 11.8 Å². The zero-order valence-electron chi connectivity index (χ0n) is 13.9. The standard InChI is InChI=1S/C19H20O6/c1-2-24-19(23)12-5-3-11(4-6-12)14-8-7-13(9-16(20)21)15-10-17(22)25-18(14)15/h3-8,13-15,18H,2,9-10H2,1H3,(H,20,21)/t13-,14-,15+,18-/m0/s1. The normalized spacial score (nSPS) is 27.5. The number of hydrogen-bond donors (Lipinski definition) is 1. The number of aliphatic carboxylic acids is 1. The molecule has 1 saturated heterocycles. The van der Waals surface area contributed by atoms with Gasteiger partial charge in [0.05, 0.1) is 25.0 Å². The molecule has 0 spiro atoms. The number of carboxylic acids is 1. The van der Waals surface area contributed by atoms with Crippen LogP contribution in [0.15, 0.2) is 36.4 Å². The number of esters is 2. The monoisotopic (exact) mass is 344 g/mol. The third kappa shape index (κ3) is 3.57. The van der Waals surface area contributed by atoms with Gasteiger partial charge >= 0.3 is 17.9 Å². The number of carboxylic acid groups (broad SMARTS) is 1. The van der Waals surface area contributed by atoms with Crippen LogP contribution in [0.3, 0.4) is 0 Å². The molecule has 0 amide bonds. The number of allylic oxidation sites excluding steroid dienone is 1. The molecule has 1 aromatic carbocycles. The van der Waals surface area contributed by atoms with E-state index in [-0.39, 0.29) is 48.6 Å². The molecule has 0 bridgehead atoms. The zero-order valence-corrected chi connectivity index (χ0v) is 13.9. The molecule has 1 N–H and O–H groups in total. The highest BCUT2D eigenvalue weighted by Crippen LogP contribution is 2.43. The number of carbonyl (C=O) groups excluding carboxylic acids is 2. The molecular formula is C19H20O6. The van der Waals surface area contributed by atoms with E-state index in [4.69, 9.17) is 14.6 Å². The number of benzene rings is 1. The Labute approximate surface area is 145 Å². The molecule has 132 valence electrons. The van der Waals surface area contributed by atoms with Crippen molar-refractivity contribution in [3.8, 4) is 0 Å². The first-order chi connectivity index (χ1) is 12.0. The third-order valence-electron chi connectivity index (χ3n) is 4.78. The van der Waals surface area contributed by atoms with E-state index in [0.717, 1.165) is 5.56 Å². The molecule has 1 fully saturated rings. The van der Waals surface area contributed by atoms with Crippen molar-refractivity contribution >= 4 is 17.9 Å². The lowest BCUT2D eigenvalue weighted by Gasteiger charge is -2.33. The Hall–Kier alpha value is -2.63. The summed E-state index contributed by atoms with van der Waals surface area (Å²) >= 11 is 0. The van der Waals surface area contributed by atoms with Crippen molar-refractivity contribution in [2.75, 3.05) is 6.61 Å². The fraction of sp³-hybridized carbons (Fsp3) is 0.421. The minimum absolute atomic E-state index is 0.0111. The van der Waals surface area contributed by atoms with Crippen LogP contribution in [0.25, 0.3) is 0 Å². The predicted molar refractivity (Wildman–Crippen MR) is 88.0 cm³/mol. The fourth-order valence-corrected chi connectivity index (χ4v) is 3.62. The Morgan fingerprint density at radius 2 is 1.96 bits per heavy atom. The molecule has 1 aliphatic heterocycles. The first kappa shape index (κ1) is 17.2. The molecule has 25 heavy (non-hydrogen) atoms. The molecule has 0 aromatic heterocycles. The van der Waals surface area contributed by atoms with Crippen molar-refractivity contribution in [3.05, 3.63) is 47.5 Å². The van der Waals surface area contributed by atoms with Crippen LogP contribution in [0.5, 0.6) is 0 Å². The number of hydrogen-bond acceptors (Lipinski definition) is 5. The van der Waals surface area contributed by atoms with Crippen LogP contribution in [0, 0.1) is 11.8 Å². The third-order valence-corrected chi connectivity index (χ3v) is 4.78. The largest absolute Gasteiger partial charge is 0.481 e. The van der Waals surface area contributed by atoms with Gasteiger partial charge in [0.1, 0.15) is 6.10 Å². The van der Waals surface area contributed by atoms with Gasteiger partial charge in [0.15, 0.2) is 0 Å². The first-order valence-corrected chi connectivity index (χ1v) is 8.36. The molecule has 0 radical (unpaired) electrons. The molecule has 6 nitrogen and oxygen atoms in total. The minimum atomic E-state index is -0.884. The maximum Gasteiger partial charge on any atom is 0.338 e. The van der Waals surface area contributed by atoms with Gasteiger partial charge in [-0.3, -0.25) is 9.59 Å². The second-order valence-corrected chi connectivity index (χ2v) is 6.34. The van der Waals surface area contributed by atoms with Crippen molar-refractivity contribution in [1.29, 1.82) is 0 Å². The van der Waals surface area contributed by atoms with Crippen molar-refractivity contribution in [1.82, 2.24) is 0 Å². The van der Waals surface area contributed by atoms with E-state index in [0.29, 0.717) is 12.2 Å². The lowest BCUT2D eigenvalue weighted by Crippen LogP contribution is -2.33. The van der Waals surface area contributed by atoms with Crippen LogP contribution in [0.1, 0.15) is 41.6 Å². The summed E-state index contributed by atoms with van der Waals surface area (Å²) in [5.41, 5.74) is 1.39. The van der Waals surface area contributed by atoms with Gasteiger partial charge in [0.2, 0.25) is 0 Å². The summed E-state index contributed by atoms with van der Waals surface area (Å²) in [6.07, 6.45) is 3.65. The van der Waals surface area contributed by atoms with Crippen molar-refractivity contribution in [3.63, 3.8) is 0 Å². The number of rotatable bonds is 5. The van der Waals surface area contributed by atoms with Gasteiger partial charge in [-0.15, -0.1) is 0 Å². The Morgan fingerprint density at radius 1 is 1.24 bits per heavy atom. The highest BCUT2D eigenvalue weighted by atomic mass is 16.6. The van der Waals surface area contributed by atoms with E-state index in [1.807, 2.05) is 24.3 Å². The molecule has 4 atom stereocenters. The van der Waals surface area contributed by atoms with Gasteiger partial charge in [-0.2, -0.15) is 0 Å². The summed E-state index contributed by atoms with van der Waals surface area (Å²) in [6, 6.07) is 7.02. The van der Waals surface area contributed by atoms with Gasteiger partial charge < -0.3 is 14.6 Å². The molecule has 1 aliphatic carbocycles. The van der Waals surface area contributed by atoms with Gasteiger partial charge in [-0.05, 0) is 30.5 Å². The highest BCUT2D eigenvalue weighted by Gasteiger charge is 2.45. The van der Waals surface area contributed by atoms with Crippen LogP contribution in [0.4, 0.5) is 0 Å². The Bertz CT molecular complexity index is 705. The lowest BCUT2D eigenvalue weighted by molar-refractivity contribution is -0.142. The summed E-state index contributed by atoms with van der Waals surface area (Å²) in [6.45, 7) is 2.07. The van der Waals surface area contributed by atoms with Gasteiger partial charge in [-0.25, -0.2) is 4.79 Å². The average Bonchev–Trinajstić information content (AvgIpc) is 2.97. The summed E-state index contributed by atoms with van der Waals surface area (Å²) in [7, 11) is 0. The maximum atomic E-state index is 11.8. The van der Waals surface area contributed by atoms with E-state index >= 15 is 0 Å². The molecule has 6 heteroatoms. The Kier molecular flexibility index (Phi) is 4.88. The average molecular weight is 344 g/mol. The molecule has 0 unspecified atom stereocenters. The van der Waals surface area contributed by atoms with Crippen molar-refractivity contribution < 1.29 is 29.0 Å². The minimum Gasteiger partial charge on any atom is -0.481 e. The molecule has 3 rings (SSSR count). The second-order valence-electron chi connectivity index (χ2n) is 6.34. The smallest absolute Gasteiger partial charge is 0.338 e. The van der Waals surface area contributed by atoms with E-state index < -0.39 is 5.97 Å². The summed E-state index contributed by atoms with van der Waals surface area (Å²) < 4.78 is 10.5. The quantitative estimate of drug-likeness (QED) is 0.652. The Balaban J connectivity index is 1.83. The van der Waals surface area contributed by atoms with Crippen LogP contribution in [-0.4, -0.2) is 35.7 Å². The van der Waals surface area contributed by atoms with E-state index in [2.05, 4.69) is 0 Å². The SMILES string of the molecule is CCOC(=O)c1ccc([C@@H]2C=C[C@@H](CC(=O)O)[C@H]3CC(=O)O[C@H]32)cc1.